The molecule has 0 radical (unpaired) electrons. The molecule has 46 heavy (non-hydrogen) atoms. The van der Waals surface area contributed by atoms with E-state index in [0.29, 0.717) is 49.5 Å². The lowest BCUT2D eigenvalue weighted by atomic mass is 9.96. The Balaban J connectivity index is 1.33. The molecule has 10 heteroatoms. The number of allylic oxidation sites excluding steroid dienone is 1. The Morgan fingerprint density at radius 1 is 0.913 bits per heavy atom. The molecule has 0 saturated carbocycles. The Morgan fingerprint density at radius 2 is 1.54 bits per heavy atom. The number of carbonyl (C=O) groups is 1. The van der Waals surface area contributed by atoms with E-state index in [-0.39, 0.29) is 17.7 Å². The number of para-hydroxylation sites is 2. The van der Waals surface area contributed by atoms with Crippen LogP contribution in [0.4, 0.5) is 0 Å². The van der Waals surface area contributed by atoms with Gasteiger partial charge in [-0.1, -0.05) is 89.7 Å². The number of fused-ring (bicyclic) bond motifs is 1. The largest absolute Gasteiger partial charge is 0.493 e. The van der Waals surface area contributed by atoms with Crippen molar-refractivity contribution < 1.29 is 23.7 Å². The standard InChI is InChI=1S/C36H29ClN2O6S/c1-23-31(35(41)45-27-16-10-5-11-17-27)32(25-12-6-3-7-13-25)39-34(40)30(46-36(39)38-23)22-24-20-28(37)33(29(21-24)42-2)44-19-18-43-26-14-8-4-9-15-26/h3-17,20-22,32H,18-19H2,1-2H3/b30-22-/t32-/m0/s1. The third-order valence-corrected chi connectivity index (χ3v) is 8.47. The van der Waals surface area contributed by atoms with E-state index in [9.17, 15) is 9.59 Å². The van der Waals surface area contributed by atoms with Crippen LogP contribution >= 0.6 is 22.9 Å². The van der Waals surface area contributed by atoms with Crippen molar-refractivity contribution in [1.82, 2.24) is 4.57 Å². The second-order valence-corrected chi connectivity index (χ2v) is 11.7. The molecule has 1 aromatic heterocycles. The summed E-state index contributed by atoms with van der Waals surface area (Å²) in [7, 11) is 1.52. The average molecular weight is 653 g/mol. The number of benzene rings is 4. The summed E-state index contributed by atoms with van der Waals surface area (Å²) in [6.45, 7) is 2.31. The van der Waals surface area contributed by atoms with Gasteiger partial charge < -0.3 is 18.9 Å². The van der Waals surface area contributed by atoms with Crippen LogP contribution in [0.5, 0.6) is 23.0 Å². The molecular weight excluding hydrogens is 624 g/mol. The summed E-state index contributed by atoms with van der Waals surface area (Å²) in [6.07, 6.45) is 1.73. The van der Waals surface area contributed by atoms with Crippen LogP contribution in [0.3, 0.4) is 0 Å². The molecule has 6 rings (SSSR count). The lowest BCUT2D eigenvalue weighted by Crippen LogP contribution is -2.40. The van der Waals surface area contributed by atoms with Gasteiger partial charge in [-0.3, -0.25) is 9.36 Å². The molecule has 5 aromatic rings. The van der Waals surface area contributed by atoms with Crippen LogP contribution in [0.2, 0.25) is 5.02 Å². The summed E-state index contributed by atoms with van der Waals surface area (Å²) in [5.74, 6) is 1.36. The molecule has 0 N–H and O–H groups in total. The molecule has 1 aliphatic rings. The van der Waals surface area contributed by atoms with Gasteiger partial charge in [0.25, 0.3) is 5.56 Å². The normalized spacial score (nSPS) is 14.3. The number of carbonyl (C=O) groups excluding carboxylic acids is 1. The second kappa shape index (κ2) is 13.9. The van der Waals surface area contributed by atoms with Crippen molar-refractivity contribution in [3.8, 4) is 23.0 Å². The molecule has 4 aromatic carbocycles. The van der Waals surface area contributed by atoms with Crippen LogP contribution in [0.25, 0.3) is 6.08 Å². The molecule has 0 aliphatic carbocycles. The number of rotatable bonds is 10. The molecule has 0 fully saturated rings. The van der Waals surface area contributed by atoms with Gasteiger partial charge in [-0.25, -0.2) is 9.79 Å². The topological polar surface area (TPSA) is 88.4 Å². The van der Waals surface area contributed by atoms with Gasteiger partial charge in [-0.15, -0.1) is 0 Å². The summed E-state index contributed by atoms with van der Waals surface area (Å²) < 4.78 is 24.9. The van der Waals surface area contributed by atoms with Crippen molar-refractivity contribution in [3.05, 3.63) is 150 Å². The first-order chi connectivity index (χ1) is 22.4. The van der Waals surface area contributed by atoms with E-state index in [2.05, 4.69) is 4.99 Å². The zero-order chi connectivity index (χ0) is 32.0. The van der Waals surface area contributed by atoms with E-state index in [1.54, 1.807) is 54.0 Å². The number of esters is 1. The van der Waals surface area contributed by atoms with Crippen LogP contribution in [0, 0.1) is 0 Å². The first kappa shape index (κ1) is 30.9. The quantitative estimate of drug-likeness (QED) is 0.105. The van der Waals surface area contributed by atoms with Gasteiger partial charge in [0.05, 0.1) is 34.0 Å². The van der Waals surface area contributed by atoms with Crippen LogP contribution in [0.1, 0.15) is 24.1 Å². The van der Waals surface area contributed by atoms with Gasteiger partial charge in [0.15, 0.2) is 16.3 Å². The highest BCUT2D eigenvalue weighted by Crippen LogP contribution is 2.37. The predicted molar refractivity (Wildman–Crippen MR) is 178 cm³/mol. The van der Waals surface area contributed by atoms with Crippen molar-refractivity contribution in [2.24, 2.45) is 4.99 Å². The van der Waals surface area contributed by atoms with Crippen LogP contribution in [-0.2, 0) is 4.79 Å². The van der Waals surface area contributed by atoms with E-state index in [0.717, 1.165) is 11.3 Å². The van der Waals surface area contributed by atoms with Gasteiger partial charge in [0, 0.05) is 0 Å². The Kier molecular flexibility index (Phi) is 9.33. The molecule has 1 aliphatic heterocycles. The van der Waals surface area contributed by atoms with Gasteiger partial charge in [-0.05, 0) is 60.5 Å². The highest BCUT2D eigenvalue weighted by molar-refractivity contribution is 7.07. The minimum atomic E-state index is -0.734. The summed E-state index contributed by atoms with van der Waals surface area (Å²) in [5, 5.41) is 0.321. The van der Waals surface area contributed by atoms with Gasteiger partial charge in [0.2, 0.25) is 0 Å². The first-order valence-electron chi connectivity index (χ1n) is 14.5. The monoisotopic (exact) mass is 652 g/mol. The molecule has 0 bridgehead atoms. The van der Waals surface area contributed by atoms with E-state index in [4.69, 9.17) is 30.5 Å². The number of hydrogen-bond acceptors (Lipinski definition) is 8. The lowest BCUT2D eigenvalue weighted by Gasteiger charge is -2.24. The lowest BCUT2D eigenvalue weighted by molar-refractivity contribution is -0.130. The minimum absolute atomic E-state index is 0.247. The third-order valence-electron chi connectivity index (χ3n) is 7.20. The van der Waals surface area contributed by atoms with Crippen LogP contribution in [0.15, 0.2) is 124 Å². The second-order valence-electron chi connectivity index (χ2n) is 10.2. The number of thiazole rings is 1. The number of hydrogen-bond donors (Lipinski definition) is 0. The Labute approximate surface area is 274 Å². The van der Waals surface area contributed by atoms with Crippen LogP contribution in [-0.4, -0.2) is 30.9 Å². The maximum atomic E-state index is 14.0. The number of ether oxygens (including phenoxy) is 4. The van der Waals surface area contributed by atoms with Gasteiger partial charge in [0.1, 0.15) is 24.7 Å². The molecule has 0 spiro atoms. The maximum absolute atomic E-state index is 14.0. The van der Waals surface area contributed by atoms with Crippen molar-refractivity contribution in [2.75, 3.05) is 20.3 Å². The maximum Gasteiger partial charge on any atom is 0.343 e. The number of aromatic nitrogens is 1. The fourth-order valence-corrected chi connectivity index (χ4v) is 6.44. The molecule has 0 amide bonds. The summed E-state index contributed by atoms with van der Waals surface area (Å²) in [4.78, 5) is 32.8. The average Bonchev–Trinajstić information content (AvgIpc) is 3.37. The minimum Gasteiger partial charge on any atom is -0.493 e. The third kappa shape index (κ3) is 6.61. The van der Waals surface area contributed by atoms with E-state index < -0.39 is 12.0 Å². The first-order valence-corrected chi connectivity index (χ1v) is 15.7. The molecule has 232 valence electrons. The summed E-state index contributed by atoms with van der Waals surface area (Å²) in [5.41, 5.74) is 1.85. The van der Waals surface area contributed by atoms with E-state index in [1.165, 1.54) is 18.4 Å². The summed E-state index contributed by atoms with van der Waals surface area (Å²) >= 11 is 7.86. The molecule has 0 unspecified atom stereocenters. The van der Waals surface area contributed by atoms with E-state index in [1.807, 2.05) is 66.7 Å². The van der Waals surface area contributed by atoms with Gasteiger partial charge >= 0.3 is 5.97 Å². The molecule has 0 saturated heterocycles. The molecule has 8 nitrogen and oxygen atoms in total. The Bertz CT molecular complexity index is 2080. The molecule has 2 heterocycles. The van der Waals surface area contributed by atoms with E-state index >= 15 is 0 Å². The fourth-order valence-electron chi connectivity index (χ4n) is 5.12. The molecule has 1 atom stereocenters. The Hall–Kier alpha value is -5.12. The highest BCUT2D eigenvalue weighted by atomic mass is 35.5. The Morgan fingerprint density at radius 3 is 2.22 bits per heavy atom. The van der Waals surface area contributed by atoms with Gasteiger partial charge in [-0.2, -0.15) is 0 Å². The predicted octanol–water partition coefficient (Wildman–Crippen LogP) is 5.96. The SMILES string of the molecule is COc1cc(/C=c2\sc3n(c2=O)[C@@H](c2ccccc2)C(C(=O)Oc2ccccc2)=C(C)N=3)cc(Cl)c1OCCOc1ccccc1. The molecular formula is C36H29ClN2O6S. The smallest absolute Gasteiger partial charge is 0.343 e. The number of nitrogens with zero attached hydrogens (tertiary/aromatic N) is 2. The van der Waals surface area contributed by atoms with Crippen molar-refractivity contribution >= 4 is 35.0 Å². The zero-order valence-corrected chi connectivity index (χ0v) is 26.6. The zero-order valence-electron chi connectivity index (χ0n) is 25.0. The van der Waals surface area contributed by atoms with Crippen molar-refractivity contribution in [2.45, 2.75) is 13.0 Å². The number of halogens is 1. The van der Waals surface area contributed by atoms with Crippen LogP contribution < -0.4 is 33.8 Å². The fraction of sp³-hybridized carbons (Fsp3) is 0.139. The number of methoxy groups -OCH3 is 1. The van der Waals surface area contributed by atoms with Crippen molar-refractivity contribution in [3.63, 3.8) is 0 Å². The van der Waals surface area contributed by atoms with Crippen molar-refractivity contribution in [1.29, 1.82) is 0 Å². The highest BCUT2D eigenvalue weighted by Gasteiger charge is 2.33. The summed E-state index contributed by atoms with van der Waals surface area (Å²) in [6, 6.07) is 30.4.